The number of hydrogen-bond acceptors (Lipinski definition) is 5. The third-order valence-corrected chi connectivity index (χ3v) is 7.75. The Kier molecular flexibility index (Phi) is 8.24. The fourth-order valence-electron chi connectivity index (χ4n) is 4.19. The van der Waals surface area contributed by atoms with Crippen molar-refractivity contribution in [2.75, 3.05) is 20.3 Å². The van der Waals surface area contributed by atoms with Gasteiger partial charge in [0.05, 0.1) is 23.9 Å². The minimum atomic E-state index is -5.54. The number of aromatic nitrogens is 1. The average Bonchev–Trinajstić information content (AvgIpc) is 3.36. The van der Waals surface area contributed by atoms with Crippen LogP contribution < -0.4 is 0 Å². The molecule has 4 rings (SSSR count). The fraction of sp³-hybridized carbons (Fsp3) is 0.308. The van der Waals surface area contributed by atoms with Crippen LogP contribution in [0, 0.1) is 11.6 Å². The van der Waals surface area contributed by atoms with E-state index in [1.165, 1.54) is 37.6 Å². The molecule has 2 heterocycles. The highest BCUT2D eigenvalue weighted by Gasteiger charge is 2.49. The Bertz CT molecular complexity index is 1390. The van der Waals surface area contributed by atoms with Crippen molar-refractivity contribution < 1.29 is 35.1 Å². The van der Waals surface area contributed by atoms with Crippen LogP contribution in [0.3, 0.4) is 0 Å². The maximum Gasteiger partial charge on any atom is 0.511 e. The zero-order valence-corrected chi connectivity index (χ0v) is 21.1. The maximum absolute atomic E-state index is 14.1. The Morgan fingerprint density at radius 1 is 1.03 bits per heavy atom. The first-order valence-corrected chi connectivity index (χ1v) is 13.1. The number of ether oxygens (including phenoxy) is 1. The second kappa shape index (κ2) is 11.3. The summed E-state index contributed by atoms with van der Waals surface area (Å²) in [5.41, 5.74) is -2.73. The summed E-state index contributed by atoms with van der Waals surface area (Å²) in [6, 6.07) is 13.8. The molecule has 12 heteroatoms. The van der Waals surface area contributed by atoms with Crippen molar-refractivity contribution in [2.45, 2.75) is 30.9 Å². The maximum atomic E-state index is 14.1. The number of methoxy groups -OCH3 is 1. The first-order valence-electron chi connectivity index (χ1n) is 11.6. The summed E-state index contributed by atoms with van der Waals surface area (Å²) in [5.74, 6) is -1.29. The molecule has 0 amide bonds. The lowest BCUT2D eigenvalue weighted by Crippen LogP contribution is -2.41. The van der Waals surface area contributed by atoms with Gasteiger partial charge in [-0.05, 0) is 42.2 Å². The Balaban J connectivity index is 1.48. The van der Waals surface area contributed by atoms with Crippen molar-refractivity contribution in [1.82, 2.24) is 9.29 Å². The zero-order chi connectivity index (χ0) is 27.5. The number of aliphatic imine (C=N–C) groups is 1. The second-order valence-corrected chi connectivity index (χ2v) is 10.6. The highest BCUT2D eigenvalue weighted by atomic mass is 32.2. The third-order valence-electron chi connectivity index (χ3n) is 6.17. The predicted molar refractivity (Wildman–Crippen MR) is 132 cm³/mol. The Labute approximate surface area is 216 Å². The summed E-state index contributed by atoms with van der Waals surface area (Å²) in [7, 11) is -4.27. The van der Waals surface area contributed by atoms with Crippen LogP contribution in [0.1, 0.15) is 35.6 Å². The molecule has 0 spiro atoms. The summed E-state index contributed by atoms with van der Waals surface area (Å²) in [4.78, 5) is 8.81. The van der Waals surface area contributed by atoms with Gasteiger partial charge in [-0.3, -0.25) is 9.98 Å². The first kappa shape index (κ1) is 27.8. The Morgan fingerprint density at radius 3 is 2.29 bits per heavy atom. The van der Waals surface area contributed by atoms with Crippen LogP contribution in [0.4, 0.5) is 22.0 Å². The summed E-state index contributed by atoms with van der Waals surface area (Å²) < 4.78 is 96.3. The van der Waals surface area contributed by atoms with E-state index in [0.717, 1.165) is 11.1 Å². The van der Waals surface area contributed by atoms with Crippen LogP contribution in [-0.2, 0) is 21.3 Å². The molecule has 0 saturated carbocycles. The summed E-state index contributed by atoms with van der Waals surface area (Å²) >= 11 is 0. The van der Waals surface area contributed by atoms with Crippen molar-refractivity contribution >= 4 is 15.7 Å². The molecule has 3 aromatic rings. The predicted octanol–water partition coefficient (Wildman–Crippen LogP) is 5.65. The lowest BCUT2D eigenvalue weighted by Gasteiger charge is -2.23. The van der Waals surface area contributed by atoms with Gasteiger partial charge < -0.3 is 4.74 Å². The number of benzene rings is 2. The molecule has 1 aromatic heterocycles. The van der Waals surface area contributed by atoms with Crippen molar-refractivity contribution in [1.29, 1.82) is 0 Å². The fourth-order valence-corrected chi connectivity index (χ4v) is 5.11. The van der Waals surface area contributed by atoms with Crippen LogP contribution in [0.15, 0.2) is 65.8 Å². The van der Waals surface area contributed by atoms with Gasteiger partial charge >= 0.3 is 15.5 Å². The number of alkyl halides is 3. The molecule has 202 valence electrons. The normalized spacial score (nSPS) is 16.2. The van der Waals surface area contributed by atoms with Crippen molar-refractivity contribution in [3.8, 4) is 11.3 Å². The van der Waals surface area contributed by atoms with Gasteiger partial charge in [0, 0.05) is 37.7 Å². The molecule has 0 saturated heterocycles. The van der Waals surface area contributed by atoms with Gasteiger partial charge in [0.2, 0.25) is 0 Å². The molecule has 0 radical (unpaired) electrons. The quantitative estimate of drug-likeness (QED) is 0.321. The summed E-state index contributed by atoms with van der Waals surface area (Å²) in [6.07, 6.45) is 2.37. The zero-order valence-electron chi connectivity index (χ0n) is 20.3. The molecule has 1 unspecified atom stereocenters. The minimum Gasteiger partial charge on any atom is -0.383 e. The van der Waals surface area contributed by atoms with Crippen molar-refractivity contribution in [2.24, 2.45) is 4.99 Å². The van der Waals surface area contributed by atoms with Crippen molar-refractivity contribution in [3.63, 3.8) is 0 Å². The topological polar surface area (TPSA) is 71.9 Å². The molecule has 38 heavy (non-hydrogen) atoms. The molecule has 0 bridgehead atoms. The van der Waals surface area contributed by atoms with E-state index in [0.29, 0.717) is 28.6 Å². The average molecular weight is 554 g/mol. The molecule has 0 N–H and O–H groups in total. The monoisotopic (exact) mass is 553 g/mol. The summed E-state index contributed by atoms with van der Waals surface area (Å²) in [5, 5.41) is 0. The van der Waals surface area contributed by atoms with Crippen LogP contribution in [-0.4, -0.2) is 49.2 Å². The number of sulfonamides is 1. The van der Waals surface area contributed by atoms with E-state index in [1.807, 2.05) is 12.1 Å². The number of rotatable bonds is 9. The van der Waals surface area contributed by atoms with Gasteiger partial charge in [-0.15, -0.1) is 0 Å². The smallest absolute Gasteiger partial charge is 0.383 e. The Hall–Kier alpha value is -3.22. The van der Waals surface area contributed by atoms with E-state index in [1.54, 1.807) is 18.2 Å². The molecular weight excluding hydrogens is 529 g/mol. The van der Waals surface area contributed by atoms with Crippen LogP contribution in [0.5, 0.6) is 0 Å². The molecule has 1 atom stereocenters. The lowest BCUT2D eigenvalue weighted by molar-refractivity contribution is -0.0495. The van der Waals surface area contributed by atoms with Gasteiger partial charge in [0.15, 0.2) is 0 Å². The number of nitrogens with zero attached hydrogens (tertiary/aromatic N) is 3. The largest absolute Gasteiger partial charge is 0.511 e. The number of pyridine rings is 1. The standard InChI is InChI=1S/C26H24F5N3O3S/c1-37-14-13-34(38(35,36)26(29,30)31)16-17-5-10-22(32-15-17)18-6-8-19(9-7-18)23-11-12-24(33-23)25-20(27)3-2-4-21(25)28/h2-10,15,23H,11-14,16H2,1H3. The van der Waals surface area contributed by atoms with E-state index in [9.17, 15) is 30.4 Å². The molecule has 0 aliphatic carbocycles. The molecule has 0 fully saturated rings. The minimum absolute atomic E-state index is 0.0975. The van der Waals surface area contributed by atoms with Gasteiger partial charge in [-0.1, -0.05) is 36.4 Å². The number of halogens is 5. The molecule has 1 aliphatic heterocycles. The third kappa shape index (κ3) is 5.92. The molecule has 6 nitrogen and oxygen atoms in total. The van der Waals surface area contributed by atoms with Gasteiger partial charge in [-0.2, -0.15) is 17.5 Å². The number of hydrogen-bond donors (Lipinski definition) is 0. The van der Waals surface area contributed by atoms with E-state index in [4.69, 9.17) is 4.74 Å². The van der Waals surface area contributed by atoms with Crippen LogP contribution >= 0.6 is 0 Å². The van der Waals surface area contributed by atoms with Gasteiger partial charge in [0.1, 0.15) is 11.6 Å². The molecular formula is C26H24F5N3O3S. The van der Waals surface area contributed by atoms with E-state index >= 15 is 0 Å². The van der Waals surface area contributed by atoms with E-state index in [-0.39, 0.29) is 23.8 Å². The molecule has 2 aromatic carbocycles. The SMILES string of the molecule is COCCN(Cc1ccc(-c2ccc(C3CCC(c4c(F)cccc4F)=N3)cc2)nc1)S(=O)(=O)C(F)(F)F. The van der Waals surface area contributed by atoms with Crippen molar-refractivity contribution in [3.05, 3.63) is 89.1 Å². The lowest BCUT2D eigenvalue weighted by atomic mass is 10.0. The van der Waals surface area contributed by atoms with E-state index < -0.39 is 40.3 Å². The first-order chi connectivity index (χ1) is 18.0. The highest BCUT2D eigenvalue weighted by molar-refractivity contribution is 7.89. The van der Waals surface area contributed by atoms with Gasteiger partial charge in [-0.25, -0.2) is 17.2 Å². The second-order valence-electron chi connectivity index (χ2n) is 8.68. The van der Waals surface area contributed by atoms with E-state index in [2.05, 4.69) is 9.98 Å². The molecule has 1 aliphatic rings. The Morgan fingerprint density at radius 2 is 1.71 bits per heavy atom. The van der Waals surface area contributed by atoms with Crippen LogP contribution in [0.25, 0.3) is 11.3 Å². The van der Waals surface area contributed by atoms with Gasteiger partial charge in [0.25, 0.3) is 0 Å². The summed E-state index contributed by atoms with van der Waals surface area (Å²) in [6.45, 7) is -1.17. The highest BCUT2D eigenvalue weighted by Crippen LogP contribution is 2.33. The van der Waals surface area contributed by atoms with Crippen LogP contribution in [0.2, 0.25) is 0 Å².